The molecule has 0 saturated heterocycles. The third-order valence-corrected chi connectivity index (χ3v) is 4.28. The summed E-state index contributed by atoms with van der Waals surface area (Å²) < 4.78 is 15.7. The van der Waals surface area contributed by atoms with Crippen LogP contribution in [0.4, 0.5) is 4.79 Å². The van der Waals surface area contributed by atoms with Crippen molar-refractivity contribution in [3.63, 3.8) is 0 Å². The molecule has 9 heteroatoms. The Bertz CT molecular complexity index is 570. The van der Waals surface area contributed by atoms with E-state index in [2.05, 4.69) is 15.4 Å². The third-order valence-electron chi connectivity index (χ3n) is 4.28. The van der Waals surface area contributed by atoms with Gasteiger partial charge in [-0.1, -0.05) is 0 Å². The Labute approximate surface area is 180 Å². The summed E-state index contributed by atoms with van der Waals surface area (Å²) in [6, 6.07) is -0.803. The highest BCUT2D eigenvalue weighted by Crippen LogP contribution is 2.17. The van der Waals surface area contributed by atoms with Gasteiger partial charge in [0, 0.05) is 25.1 Å². The number of carbonyl (C=O) groups is 3. The molecule has 4 N–H and O–H groups in total. The molecule has 176 valence electrons. The van der Waals surface area contributed by atoms with Gasteiger partial charge < -0.3 is 30.6 Å². The molecule has 0 heterocycles. The highest BCUT2D eigenvalue weighted by atomic mass is 16.6. The Morgan fingerprint density at radius 1 is 1.00 bits per heavy atom. The number of carbonyl (C=O) groups excluding carboxylic acids is 3. The molecule has 0 rings (SSSR count). The van der Waals surface area contributed by atoms with E-state index in [1.54, 1.807) is 0 Å². The number of nitrogens with one attached hydrogen (secondary N) is 2. The van der Waals surface area contributed by atoms with Crippen LogP contribution in [0.25, 0.3) is 0 Å². The van der Waals surface area contributed by atoms with Crippen molar-refractivity contribution in [3.05, 3.63) is 0 Å². The Hall–Kier alpha value is -1.87. The van der Waals surface area contributed by atoms with Crippen molar-refractivity contribution in [3.8, 4) is 0 Å². The highest BCUT2D eigenvalue weighted by Gasteiger charge is 2.25. The first-order valence-electron chi connectivity index (χ1n) is 10.3. The molecule has 1 unspecified atom stereocenters. The largest absolute Gasteiger partial charge is 0.468 e. The summed E-state index contributed by atoms with van der Waals surface area (Å²) in [7, 11) is 1.26. The minimum absolute atomic E-state index is 0.141. The number of amides is 2. The number of rotatable bonds is 12. The topological polar surface area (TPSA) is 129 Å². The van der Waals surface area contributed by atoms with Gasteiger partial charge in [-0.2, -0.15) is 0 Å². The quantitative estimate of drug-likeness (QED) is 0.404. The molecule has 30 heavy (non-hydrogen) atoms. The van der Waals surface area contributed by atoms with Crippen molar-refractivity contribution < 1.29 is 28.6 Å². The van der Waals surface area contributed by atoms with Gasteiger partial charge in [0.05, 0.1) is 12.7 Å². The average molecular weight is 432 g/mol. The lowest BCUT2D eigenvalue weighted by atomic mass is 9.99. The van der Waals surface area contributed by atoms with Crippen LogP contribution in [-0.2, 0) is 23.8 Å². The van der Waals surface area contributed by atoms with Crippen LogP contribution in [0.5, 0.6) is 0 Å². The summed E-state index contributed by atoms with van der Waals surface area (Å²) in [6.45, 7) is 14.0. The van der Waals surface area contributed by atoms with Crippen LogP contribution in [0.15, 0.2) is 0 Å². The maximum Gasteiger partial charge on any atom is 0.407 e. The summed E-state index contributed by atoms with van der Waals surface area (Å²) in [5, 5.41) is 5.66. The van der Waals surface area contributed by atoms with E-state index in [-0.39, 0.29) is 18.7 Å². The van der Waals surface area contributed by atoms with Gasteiger partial charge >= 0.3 is 12.1 Å². The van der Waals surface area contributed by atoms with Gasteiger partial charge in [0.25, 0.3) is 0 Å². The number of hydrogen-bond donors (Lipinski definition) is 3. The van der Waals surface area contributed by atoms with Gasteiger partial charge in [-0.25, -0.2) is 4.79 Å². The predicted molar refractivity (Wildman–Crippen MR) is 115 cm³/mol. The van der Waals surface area contributed by atoms with Crippen molar-refractivity contribution in [2.75, 3.05) is 20.3 Å². The van der Waals surface area contributed by atoms with E-state index in [0.717, 1.165) is 0 Å². The normalized spacial score (nSPS) is 13.4. The standard InChI is InChI=1S/C21H41N3O6/c1-19(2,3)30-18(27)23-13-11-21(6,7)29-14-12-20(4,5)24-16(25)10-9-15(22)17(26)28-8/h15H,9-14,22H2,1-8H3,(H,23,27)(H,24,25). The Morgan fingerprint density at radius 2 is 1.60 bits per heavy atom. The van der Waals surface area contributed by atoms with Crippen LogP contribution in [0.2, 0.25) is 0 Å². The SMILES string of the molecule is COC(=O)C(N)CCC(=O)NC(C)(C)CCOC(C)(C)CCNC(=O)OC(C)(C)C. The third kappa shape index (κ3) is 14.2. The van der Waals surface area contributed by atoms with Crippen LogP contribution in [0, 0.1) is 0 Å². The minimum atomic E-state index is -0.803. The maximum atomic E-state index is 12.1. The maximum absolute atomic E-state index is 12.1. The zero-order valence-electron chi connectivity index (χ0n) is 19.8. The van der Waals surface area contributed by atoms with Crippen molar-refractivity contribution in [2.45, 2.75) is 96.9 Å². The number of nitrogens with two attached hydrogens (primary N) is 1. The van der Waals surface area contributed by atoms with E-state index in [4.69, 9.17) is 15.2 Å². The highest BCUT2D eigenvalue weighted by molar-refractivity contribution is 5.79. The number of alkyl carbamates (subject to hydrolysis) is 1. The Morgan fingerprint density at radius 3 is 2.13 bits per heavy atom. The van der Waals surface area contributed by atoms with Crippen LogP contribution < -0.4 is 16.4 Å². The molecule has 0 bridgehead atoms. The van der Waals surface area contributed by atoms with Gasteiger partial charge in [-0.15, -0.1) is 0 Å². The average Bonchev–Trinajstić information content (AvgIpc) is 2.56. The summed E-state index contributed by atoms with van der Waals surface area (Å²) in [5.74, 6) is -0.709. The number of esters is 1. The fraction of sp³-hybridized carbons (Fsp3) is 0.857. The molecule has 2 amide bonds. The lowest BCUT2D eigenvalue weighted by Crippen LogP contribution is -2.45. The Balaban J connectivity index is 4.23. The molecule has 0 aromatic carbocycles. The molecular formula is C21H41N3O6. The molecule has 0 aliphatic rings. The molecule has 1 atom stereocenters. The fourth-order valence-corrected chi connectivity index (χ4v) is 2.49. The van der Waals surface area contributed by atoms with E-state index >= 15 is 0 Å². The molecule has 0 radical (unpaired) electrons. The molecular weight excluding hydrogens is 390 g/mol. The molecule has 0 aromatic heterocycles. The lowest BCUT2D eigenvalue weighted by molar-refractivity contribution is -0.142. The first-order chi connectivity index (χ1) is 13.6. The molecule has 0 aliphatic carbocycles. The molecule has 0 fully saturated rings. The molecule has 0 spiro atoms. The number of methoxy groups -OCH3 is 1. The Kier molecular flexibility index (Phi) is 11.3. The second kappa shape index (κ2) is 12.1. The van der Waals surface area contributed by atoms with E-state index < -0.39 is 34.8 Å². The molecule has 0 aliphatic heterocycles. The van der Waals surface area contributed by atoms with Gasteiger partial charge in [-0.3, -0.25) is 9.59 Å². The monoisotopic (exact) mass is 431 g/mol. The van der Waals surface area contributed by atoms with Crippen molar-refractivity contribution >= 4 is 18.0 Å². The summed E-state index contributed by atoms with van der Waals surface area (Å²) in [6.07, 6.45) is 1.13. The molecule has 0 saturated carbocycles. The number of ether oxygens (including phenoxy) is 3. The van der Waals surface area contributed by atoms with Crippen LogP contribution in [-0.4, -0.2) is 61.0 Å². The van der Waals surface area contributed by atoms with Gasteiger partial charge in [0.1, 0.15) is 11.6 Å². The smallest absolute Gasteiger partial charge is 0.407 e. The molecule has 0 aromatic rings. The second-order valence-corrected chi connectivity index (χ2v) is 9.64. The second-order valence-electron chi connectivity index (χ2n) is 9.64. The van der Waals surface area contributed by atoms with Gasteiger partial charge in [0.2, 0.25) is 5.91 Å². The fourth-order valence-electron chi connectivity index (χ4n) is 2.49. The van der Waals surface area contributed by atoms with E-state index in [1.165, 1.54) is 7.11 Å². The van der Waals surface area contributed by atoms with Gasteiger partial charge in [0.15, 0.2) is 0 Å². The zero-order chi connectivity index (χ0) is 23.6. The van der Waals surface area contributed by atoms with Gasteiger partial charge in [-0.05, 0) is 67.7 Å². The van der Waals surface area contributed by atoms with E-state index in [0.29, 0.717) is 26.0 Å². The van der Waals surface area contributed by atoms with Crippen LogP contribution in [0.3, 0.4) is 0 Å². The van der Waals surface area contributed by atoms with E-state index in [9.17, 15) is 14.4 Å². The minimum Gasteiger partial charge on any atom is -0.468 e. The predicted octanol–water partition coefficient (Wildman–Crippen LogP) is 2.26. The first-order valence-corrected chi connectivity index (χ1v) is 10.3. The summed E-state index contributed by atoms with van der Waals surface area (Å²) in [5.41, 5.74) is 4.20. The number of hydrogen-bond acceptors (Lipinski definition) is 7. The zero-order valence-corrected chi connectivity index (χ0v) is 19.8. The van der Waals surface area contributed by atoms with Crippen LogP contribution >= 0.6 is 0 Å². The summed E-state index contributed by atoms with van der Waals surface area (Å²) in [4.78, 5) is 35.1. The summed E-state index contributed by atoms with van der Waals surface area (Å²) >= 11 is 0. The van der Waals surface area contributed by atoms with Crippen molar-refractivity contribution in [1.82, 2.24) is 10.6 Å². The van der Waals surface area contributed by atoms with E-state index in [1.807, 2.05) is 48.5 Å². The lowest BCUT2D eigenvalue weighted by Gasteiger charge is -2.30. The van der Waals surface area contributed by atoms with Crippen LogP contribution in [0.1, 0.15) is 74.1 Å². The van der Waals surface area contributed by atoms with Crippen molar-refractivity contribution in [1.29, 1.82) is 0 Å². The first kappa shape index (κ1) is 28.1. The van der Waals surface area contributed by atoms with Crippen molar-refractivity contribution in [2.24, 2.45) is 5.73 Å². The molecule has 9 nitrogen and oxygen atoms in total.